The number of carbonyl (C=O) groups excluding carboxylic acids is 1. The van der Waals surface area contributed by atoms with Crippen molar-refractivity contribution in [3.05, 3.63) is 54.1 Å². The molecule has 0 unspecified atom stereocenters. The van der Waals surface area contributed by atoms with Gasteiger partial charge in [0.15, 0.2) is 5.76 Å². The summed E-state index contributed by atoms with van der Waals surface area (Å²) in [7, 11) is 0. The van der Waals surface area contributed by atoms with E-state index in [2.05, 4.69) is 10.1 Å². The summed E-state index contributed by atoms with van der Waals surface area (Å²) in [6.07, 6.45) is 1.92. The summed E-state index contributed by atoms with van der Waals surface area (Å²) in [5.74, 6) is 1.40. The summed E-state index contributed by atoms with van der Waals surface area (Å²) in [5.41, 5.74) is 0.556. The van der Waals surface area contributed by atoms with Crippen LogP contribution < -0.4 is 4.74 Å². The molecule has 2 heterocycles. The molecule has 0 aliphatic carbocycles. The number of rotatable bonds is 8. The molecule has 3 rings (SSSR count). The Kier molecular flexibility index (Phi) is 5.62. The second kappa shape index (κ2) is 8.48. The SMILES string of the molecule is N#Cc1ccc(OCCOC(=O)CCc2nc(-c3ccco3)no2)cc1. The average molecular weight is 353 g/mol. The van der Waals surface area contributed by atoms with Gasteiger partial charge in [-0.2, -0.15) is 10.2 Å². The molecule has 2 aromatic heterocycles. The van der Waals surface area contributed by atoms with Gasteiger partial charge in [0, 0.05) is 6.42 Å². The maximum absolute atomic E-state index is 11.7. The molecular formula is C18H15N3O5. The third-order valence-corrected chi connectivity index (χ3v) is 3.35. The van der Waals surface area contributed by atoms with Gasteiger partial charge in [-0.3, -0.25) is 4.79 Å². The van der Waals surface area contributed by atoms with Crippen LogP contribution >= 0.6 is 0 Å². The predicted octanol–water partition coefficient (Wildman–Crippen LogP) is 2.76. The molecule has 0 N–H and O–H groups in total. The molecule has 0 aliphatic heterocycles. The molecule has 26 heavy (non-hydrogen) atoms. The number of nitrogens with zero attached hydrogens (tertiary/aromatic N) is 3. The van der Waals surface area contributed by atoms with Gasteiger partial charge in [-0.1, -0.05) is 5.16 Å². The molecule has 0 radical (unpaired) electrons. The lowest BCUT2D eigenvalue weighted by atomic mass is 10.2. The summed E-state index contributed by atoms with van der Waals surface area (Å²) in [6, 6.07) is 12.2. The topological polar surface area (TPSA) is 111 Å². The van der Waals surface area contributed by atoms with Crippen molar-refractivity contribution in [3.8, 4) is 23.4 Å². The molecule has 8 heteroatoms. The molecular weight excluding hydrogens is 338 g/mol. The van der Waals surface area contributed by atoms with Gasteiger partial charge < -0.3 is 18.4 Å². The lowest BCUT2D eigenvalue weighted by Crippen LogP contribution is -2.12. The van der Waals surface area contributed by atoms with E-state index in [1.165, 1.54) is 6.26 Å². The van der Waals surface area contributed by atoms with Crippen molar-refractivity contribution >= 4 is 5.97 Å². The van der Waals surface area contributed by atoms with Crippen molar-refractivity contribution in [2.45, 2.75) is 12.8 Å². The van der Waals surface area contributed by atoms with Gasteiger partial charge in [-0.25, -0.2) is 0 Å². The van der Waals surface area contributed by atoms with E-state index in [0.717, 1.165) is 0 Å². The Morgan fingerprint density at radius 3 is 2.77 bits per heavy atom. The third kappa shape index (κ3) is 4.70. The number of nitriles is 1. The van der Waals surface area contributed by atoms with Crippen LogP contribution in [0.5, 0.6) is 5.75 Å². The van der Waals surface area contributed by atoms with Crippen molar-refractivity contribution in [2.24, 2.45) is 0 Å². The molecule has 1 aromatic carbocycles. The van der Waals surface area contributed by atoms with Crippen LogP contribution in [0.3, 0.4) is 0 Å². The first kappa shape index (κ1) is 17.2. The minimum atomic E-state index is -0.383. The van der Waals surface area contributed by atoms with Crippen molar-refractivity contribution in [2.75, 3.05) is 13.2 Å². The van der Waals surface area contributed by atoms with Crippen LogP contribution in [-0.2, 0) is 16.0 Å². The number of esters is 1. The lowest BCUT2D eigenvalue weighted by molar-refractivity contribution is -0.144. The van der Waals surface area contributed by atoms with Gasteiger partial charge in [0.1, 0.15) is 19.0 Å². The summed E-state index contributed by atoms with van der Waals surface area (Å²) in [5, 5.41) is 12.5. The molecule has 0 atom stereocenters. The molecule has 0 aliphatic rings. The van der Waals surface area contributed by atoms with Crippen LogP contribution in [0.1, 0.15) is 17.9 Å². The second-order valence-electron chi connectivity index (χ2n) is 5.19. The molecule has 132 valence electrons. The number of ether oxygens (including phenoxy) is 2. The van der Waals surface area contributed by atoms with Crippen molar-refractivity contribution in [1.82, 2.24) is 10.1 Å². The smallest absolute Gasteiger partial charge is 0.306 e. The van der Waals surface area contributed by atoms with E-state index in [9.17, 15) is 4.79 Å². The van der Waals surface area contributed by atoms with Gasteiger partial charge in [-0.15, -0.1) is 0 Å². The Morgan fingerprint density at radius 1 is 1.19 bits per heavy atom. The summed E-state index contributed by atoms with van der Waals surface area (Å²) in [4.78, 5) is 15.9. The van der Waals surface area contributed by atoms with E-state index in [1.807, 2.05) is 6.07 Å². The number of aryl methyl sites for hydroxylation is 1. The van der Waals surface area contributed by atoms with Crippen LogP contribution in [0.2, 0.25) is 0 Å². The van der Waals surface area contributed by atoms with Crippen LogP contribution in [0.25, 0.3) is 11.6 Å². The zero-order valence-electron chi connectivity index (χ0n) is 13.8. The highest BCUT2D eigenvalue weighted by Gasteiger charge is 2.12. The normalized spacial score (nSPS) is 10.3. The van der Waals surface area contributed by atoms with E-state index in [-0.39, 0.29) is 32.0 Å². The van der Waals surface area contributed by atoms with Crippen LogP contribution in [0, 0.1) is 11.3 Å². The Labute approximate surface area is 148 Å². The van der Waals surface area contributed by atoms with Crippen molar-refractivity contribution in [3.63, 3.8) is 0 Å². The van der Waals surface area contributed by atoms with Gasteiger partial charge >= 0.3 is 5.97 Å². The van der Waals surface area contributed by atoms with Crippen molar-refractivity contribution < 1.29 is 23.2 Å². The van der Waals surface area contributed by atoms with Crippen LogP contribution in [0.15, 0.2) is 51.6 Å². The first-order chi connectivity index (χ1) is 12.7. The van der Waals surface area contributed by atoms with E-state index >= 15 is 0 Å². The minimum Gasteiger partial charge on any atom is -0.490 e. The quantitative estimate of drug-likeness (QED) is 0.449. The van der Waals surface area contributed by atoms with Gasteiger partial charge in [0.2, 0.25) is 11.7 Å². The summed E-state index contributed by atoms with van der Waals surface area (Å²) in [6.45, 7) is 0.348. The lowest BCUT2D eigenvalue weighted by Gasteiger charge is -2.07. The summed E-state index contributed by atoms with van der Waals surface area (Å²) < 4.78 is 20.7. The predicted molar refractivity (Wildman–Crippen MR) is 87.9 cm³/mol. The fraction of sp³-hybridized carbons (Fsp3) is 0.222. The first-order valence-electron chi connectivity index (χ1n) is 7.89. The minimum absolute atomic E-state index is 0.122. The Morgan fingerprint density at radius 2 is 2.04 bits per heavy atom. The maximum Gasteiger partial charge on any atom is 0.306 e. The van der Waals surface area contributed by atoms with E-state index < -0.39 is 0 Å². The van der Waals surface area contributed by atoms with E-state index in [0.29, 0.717) is 28.8 Å². The fourth-order valence-electron chi connectivity index (χ4n) is 2.08. The molecule has 0 saturated carbocycles. The highest BCUT2D eigenvalue weighted by molar-refractivity contribution is 5.69. The van der Waals surface area contributed by atoms with Gasteiger partial charge in [0.25, 0.3) is 0 Å². The molecule has 0 spiro atoms. The number of furan rings is 1. The standard InChI is InChI=1S/C18H15N3O5/c19-12-13-3-5-14(6-4-13)23-10-11-25-17(22)8-7-16-20-18(21-26-16)15-2-1-9-24-15/h1-6,9H,7-8,10-11H2. The Balaban J connectivity index is 1.35. The zero-order valence-corrected chi connectivity index (χ0v) is 13.8. The van der Waals surface area contributed by atoms with Gasteiger partial charge in [-0.05, 0) is 36.4 Å². The number of hydrogen-bond acceptors (Lipinski definition) is 8. The number of benzene rings is 1. The molecule has 3 aromatic rings. The average Bonchev–Trinajstić information content (AvgIpc) is 3.35. The third-order valence-electron chi connectivity index (χ3n) is 3.35. The molecule has 8 nitrogen and oxygen atoms in total. The Hall–Kier alpha value is -3.60. The number of aromatic nitrogens is 2. The van der Waals surface area contributed by atoms with Gasteiger partial charge in [0.05, 0.1) is 24.3 Å². The molecule has 0 bridgehead atoms. The van der Waals surface area contributed by atoms with Crippen LogP contribution in [-0.4, -0.2) is 29.3 Å². The monoisotopic (exact) mass is 353 g/mol. The van der Waals surface area contributed by atoms with E-state index in [4.69, 9.17) is 23.7 Å². The van der Waals surface area contributed by atoms with E-state index in [1.54, 1.807) is 36.4 Å². The molecule has 0 saturated heterocycles. The summed E-state index contributed by atoms with van der Waals surface area (Å²) >= 11 is 0. The maximum atomic E-state index is 11.7. The highest BCUT2D eigenvalue weighted by atomic mass is 16.6. The number of hydrogen-bond donors (Lipinski definition) is 0. The first-order valence-corrected chi connectivity index (χ1v) is 7.89. The van der Waals surface area contributed by atoms with Crippen LogP contribution in [0.4, 0.5) is 0 Å². The van der Waals surface area contributed by atoms with Crippen molar-refractivity contribution in [1.29, 1.82) is 5.26 Å². The molecule has 0 amide bonds. The Bertz CT molecular complexity index is 878. The second-order valence-corrected chi connectivity index (χ2v) is 5.19. The fourth-order valence-corrected chi connectivity index (χ4v) is 2.08. The zero-order chi connectivity index (χ0) is 18.2. The largest absolute Gasteiger partial charge is 0.490 e. The highest BCUT2D eigenvalue weighted by Crippen LogP contribution is 2.16. The molecule has 0 fully saturated rings. The number of carbonyl (C=O) groups is 1.